The topological polar surface area (TPSA) is 121 Å². The van der Waals surface area contributed by atoms with Gasteiger partial charge < -0.3 is 21.1 Å². The van der Waals surface area contributed by atoms with Gasteiger partial charge in [0, 0.05) is 30.8 Å². The summed E-state index contributed by atoms with van der Waals surface area (Å²) in [6, 6.07) is -1.27. The van der Waals surface area contributed by atoms with E-state index in [1.54, 1.807) is 0 Å². The minimum absolute atomic E-state index is 0.0296. The van der Waals surface area contributed by atoms with Crippen LogP contribution >= 0.6 is 0 Å². The minimum atomic E-state index is -1.08. The lowest BCUT2D eigenvalue weighted by molar-refractivity contribution is -0.141. The fraction of sp³-hybridized carbons (Fsp3) is 0.643. The maximum absolute atomic E-state index is 11.9. The van der Waals surface area contributed by atoms with Crippen molar-refractivity contribution in [3.05, 3.63) is 18.2 Å². The van der Waals surface area contributed by atoms with Crippen molar-refractivity contribution in [1.82, 2.24) is 15.3 Å². The molecule has 2 atom stereocenters. The quantitative estimate of drug-likeness (QED) is 0.589. The van der Waals surface area contributed by atoms with Gasteiger partial charge in [0.05, 0.1) is 6.33 Å². The Bertz CT molecular complexity index is 465. The van der Waals surface area contributed by atoms with Crippen molar-refractivity contribution in [2.45, 2.75) is 52.1 Å². The summed E-state index contributed by atoms with van der Waals surface area (Å²) in [5, 5.41) is 11.7. The van der Waals surface area contributed by atoms with Crippen LogP contribution in [0.25, 0.3) is 0 Å². The molecule has 0 saturated carbocycles. The number of aliphatic carboxylic acids is 1. The largest absolute Gasteiger partial charge is 0.480 e. The van der Waals surface area contributed by atoms with E-state index in [4.69, 9.17) is 10.8 Å². The fourth-order valence-corrected chi connectivity index (χ4v) is 2.17. The van der Waals surface area contributed by atoms with E-state index >= 15 is 0 Å². The summed E-state index contributed by atoms with van der Waals surface area (Å²) < 4.78 is 0. The maximum Gasteiger partial charge on any atom is 0.326 e. The molecule has 1 unspecified atom stereocenters. The Morgan fingerprint density at radius 2 is 2.14 bits per heavy atom. The molecule has 0 fully saturated rings. The van der Waals surface area contributed by atoms with Crippen molar-refractivity contribution >= 4 is 11.9 Å². The van der Waals surface area contributed by atoms with Crippen LogP contribution in [0.4, 0.5) is 0 Å². The van der Waals surface area contributed by atoms with Gasteiger partial charge in [-0.15, -0.1) is 0 Å². The second-order valence-corrected chi connectivity index (χ2v) is 6.47. The first-order valence-corrected chi connectivity index (χ1v) is 6.92. The zero-order valence-corrected chi connectivity index (χ0v) is 12.7. The molecule has 21 heavy (non-hydrogen) atoms. The summed E-state index contributed by atoms with van der Waals surface area (Å²) in [6.45, 7) is 6.13. The van der Waals surface area contributed by atoms with Crippen molar-refractivity contribution in [1.29, 1.82) is 0 Å². The molecule has 7 heteroatoms. The first-order valence-electron chi connectivity index (χ1n) is 6.92. The highest BCUT2D eigenvalue weighted by Crippen LogP contribution is 2.20. The van der Waals surface area contributed by atoms with Gasteiger partial charge in [-0.3, -0.25) is 4.79 Å². The summed E-state index contributed by atoms with van der Waals surface area (Å²) >= 11 is 0. The number of carboxylic acids is 1. The third kappa shape index (κ3) is 6.89. The SMILES string of the molecule is CC(C)(C)CC(N)CC(=O)N[C@@H](Cc1cnc[nH]1)C(=O)O. The van der Waals surface area contributed by atoms with Crippen LogP contribution in [0, 0.1) is 5.41 Å². The smallest absolute Gasteiger partial charge is 0.326 e. The molecule has 1 aromatic rings. The Morgan fingerprint density at radius 3 is 2.62 bits per heavy atom. The van der Waals surface area contributed by atoms with Crippen molar-refractivity contribution in [2.24, 2.45) is 11.1 Å². The molecule has 118 valence electrons. The molecule has 0 saturated heterocycles. The molecular weight excluding hydrogens is 272 g/mol. The number of amides is 1. The van der Waals surface area contributed by atoms with Crippen LogP contribution in [0.2, 0.25) is 0 Å². The van der Waals surface area contributed by atoms with Crippen molar-refractivity contribution in [3.8, 4) is 0 Å². The molecule has 0 aliphatic heterocycles. The highest BCUT2D eigenvalue weighted by atomic mass is 16.4. The van der Waals surface area contributed by atoms with Gasteiger partial charge in [-0.2, -0.15) is 0 Å². The minimum Gasteiger partial charge on any atom is -0.480 e. The van der Waals surface area contributed by atoms with Gasteiger partial charge in [0.2, 0.25) is 5.91 Å². The average molecular weight is 296 g/mol. The van der Waals surface area contributed by atoms with Crippen LogP contribution in [0.5, 0.6) is 0 Å². The number of hydrogen-bond donors (Lipinski definition) is 4. The number of aromatic amines is 1. The number of imidazole rings is 1. The summed E-state index contributed by atoms with van der Waals surface area (Å²) in [4.78, 5) is 29.7. The number of carbonyl (C=O) groups is 2. The molecule has 0 aliphatic rings. The number of rotatable bonds is 7. The Balaban J connectivity index is 2.51. The molecule has 0 aromatic carbocycles. The van der Waals surface area contributed by atoms with Crippen molar-refractivity contribution in [3.63, 3.8) is 0 Å². The number of aromatic nitrogens is 2. The molecule has 1 aromatic heterocycles. The highest BCUT2D eigenvalue weighted by Gasteiger charge is 2.23. The molecule has 0 aliphatic carbocycles. The summed E-state index contributed by atoms with van der Waals surface area (Å²) in [5.41, 5.74) is 6.61. The standard InChI is InChI=1S/C14H24N4O3/c1-14(2,3)6-9(15)4-12(19)18-11(13(20)21)5-10-7-16-8-17-10/h7-9,11H,4-6,15H2,1-3H3,(H,16,17)(H,18,19)(H,20,21)/t9?,11-/m0/s1. The number of nitrogens with two attached hydrogens (primary N) is 1. The van der Waals surface area contributed by atoms with E-state index in [0.717, 1.165) is 0 Å². The second kappa shape index (κ2) is 7.21. The molecule has 1 amide bonds. The van der Waals surface area contributed by atoms with E-state index in [2.05, 4.69) is 15.3 Å². The van der Waals surface area contributed by atoms with Crippen LogP contribution in [-0.4, -0.2) is 39.0 Å². The maximum atomic E-state index is 11.9. The van der Waals surface area contributed by atoms with Crippen LogP contribution in [0.15, 0.2) is 12.5 Å². The van der Waals surface area contributed by atoms with Gasteiger partial charge in [-0.1, -0.05) is 20.8 Å². The van der Waals surface area contributed by atoms with Crippen LogP contribution in [0.1, 0.15) is 39.3 Å². The lowest BCUT2D eigenvalue weighted by atomic mass is 9.87. The summed E-state index contributed by atoms with van der Waals surface area (Å²) in [6.07, 6.45) is 3.97. The van der Waals surface area contributed by atoms with Crippen molar-refractivity contribution in [2.75, 3.05) is 0 Å². The first kappa shape index (κ1) is 17.2. The predicted octanol–water partition coefficient (Wildman–Crippen LogP) is 0.675. The van der Waals surface area contributed by atoms with Crippen LogP contribution in [0.3, 0.4) is 0 Å². The zero-order valence-electron chi connectivity index (χ0n) is 12.7. The fourth-order valence-electron chi connectivity index (χ4n) is 2.17. The molecule has 0 radical (unpaired) electrons. The number of nitrogens with zero attached hydrogens (tertiary/aromatic N) is 1. The third-order valence-electron chi connectivity index (χ3n) is 2.93. The van der Waals surface area contributed by atoms with E-state index in [1.807, 2.05) is 20.8 Å². The lowest BCUT2D eigenvalue weighted by Gasteiger charge is -2.23. The molecule has 1 rings (SSSR count). The monoisotopic (exact) mass is 296 g/mol. The third-order valence-corrected chi connectivity index (χ3v) is 2.93. The number of carboxylic acid groups (broad SMARTS) is 1. The van der Waals surface area contributed by atoms with E-state index in [-0.39, 0.29) is 30.2 Å². The number of nitrogens with one attached hydrogen (secondary N) is 2. The van der Waals surface area contributed by atoms with Crippen LogP contribution < -0.4 is 11.1 Å². The van der Waals surface area contributed by atoms with Crippen LogP contribution in [-0.2, 0) is 16.0 Å². The predicted molar refractivity (Wildman–Crippen MR) is 78.5 cm³/mol. The Labute approximate surface area is 124 Å². The number of carbonyl (C=O) groups excluding carboxylic acids is 1. The van der Waals surface area contributed by atoms with Gasteiger partial charge in [-0.25, -0.2) is 9.78 Å². The molecule has 7 nitrogen and oxygen atoms in total. The second-order valence-electron chi connectivity index (χ2n) is 6.47. The van der Waals surface area contributed by atoms with E-state index < -0.39 is 12.0 Å². The van der Waals surface area contributed by atoms with Gasteiger partial charge in [0.1, 0.15) is 6.04 Å². The summed E-state index contributed by atoms with van der Waals surface area (Å²) in [7, 11) is 0. The molecule has 0 spiro atoms. The van der Waals surface area contributed by atoms with Gasteiger partial charge in [0.15, 0.2) is 0 Å². The Morgan fingerprint density at radius 1 is 1.48 bits per heavy atom. The lowest BCUT2D eigenvalue weighted by Crippen LogP contribution is -2.44. The molecular formula is C14H24N4O3. The van der Waals surface area contributed by atoms with E-state index in [1.165, 1.54) is 12.5 Å². The normalized spacial score (nSPS) is 14.5. The van der Waals surface area contributed by atoms with E-state index in [9.17, 15) is 9.59 Å². The van der Waals surface area contributed by atoms with Gasteiger partial charge in [0.25, 0.3) is 0 Å². The highest BCUT2D eigenvalue weighted by molar-refractivity contribution is 5.84. The Kier molecular flexibility index (Phi) is 5.90. The summed E-state index contributed by atoms with van der Waals surface area (Å²) in [5.74, 6) is -1.43. The Hall–Kier alpha value is -1.89. The average Bonchev–Trinajstić information content (AvgIpc) is 2.77. The van der Waals surface area contributed by atoms with Gasteiger partial charge in [-0.05, 0) is 11.8 Å². The van der Waals surface area contributed by atoms with Gasteiger partial charge >= 0.3 is 5.97 Å². The zero-order chi connectivity index (χ0) is 16.0. The van der Waals surface area contributed by atoms with E-state index in [0.29, 0.717) is 12.1 Å². The first-order chi connectivity index (χ1) is 9.67. The van der Waals surface area contributed by atoms with Crippen molar-refractivity contribution < 1.29 is 14.7 Å². The molecule has 1 heterocycles. The number of H-pyrrole nitrogens is 1. The molecule has 5 N–H and O–H groups in total. The number of hydrogen-bond acceptors (Lipinski definition) is 4. The molecule has 0 bridgehead atoms.